The molecule has 0 aromatic heterocycles. The van der Waals surface area contributed by atoms with E-state index in [9.17, 15) is 14.3 Å². The van der Waals surface area contributed by atoms with Crippen molar-refractivity contribution in [2.45, 2.75) is 238 Å². The molecule has 0 saturated heterocycles. The second-order valence-electron chi connectivity index (χ2n) is 18.5. The van der Waals surface area contributed by atoms with Crippen LogP contribution in [0.2, 0.25) is 0 Å². The van der Waals surface area contributed by atoms with Crippen molar-refractivity contribution >= 4 is 13.8 Å². The first-order chi connectivity index (χ1) is 29.6. The molecular formula is C52H101NO7P+. The van der Waals surface area contributed by atoms with Gasteiger partial charge in [0.1, 0.15) is 19.3 Å². The molecule has 0 aromatic carbocycles. The van der Waals surface area contributed by atoms with Crippen molar-refractivity contribution in [3.05, 3.63) is 36.5 Å². The van der Waals surface area contributed by atoms with Gasteiger partial charge >= 0.3 is 13.8 Å². The van der Waals surface area contributed by atoms with Crippen LogP contribution >= 0.6 is 7.82 Å². The third kappa shape index (κ3) is 49.6. The molecule has 9 heteroatoms. The van der Waals surface area contributed by atoms with Gasteiger partial charge < -0.3 is 18.9 Å². The van der Waals surface area contributed by atoms with Crippen molar-refractivity contribution in [1.82, 2.24) is 0 Å². The van der Waals surface area contributed by atoms with Crippen molar-refractivity contribution < 1.29 is 37.3 Å². The lowest BCUT2D eigenvalue weighted by atomic mass is 10.1. The number of carbonyl (C=O) groups excluding carboxylic acids is 1. The molecule has 0 rings (SSSR count). The summed E-state index contributed by atoms with van der Waals surface area (Å²) in [4.78, 5) is 23.0. The fourth-order valence-corrected chi connectivity index (χ4v) is 7.91. The Morgan fingerprint density at radius 1 is 0.508 bits per heavy atom. The maximum atomic E-state index is 12.8. The largest absolute Gasteiger partial charge is 0.472 e. The third-order valence-corrected chi connectivity index (χ3v) is 12.2. The van der Waals surface area contributed by atoms with Gasteiger partial charge in [-0.15, -0.1) is 0 Å². The number of carbonyl (C=O) groups is 1. The molecule has 8 nitrogen and oxygen atoms in total. The van der Waals surface area contributed by atoms with Crippen LogP contribution in [0.4, 0.5) is 0 Å². The van der Waals surface area contributed by atoms with Crippen LogP contribution < -0.4 is 0 Å². The van der Waals surface area contributed by atoms with E-state index in [4.69, 9.17) is 18.5 Å². The highest BCUT2D eigenvalue weighted by Crippen LogP contribution is 2.43. The fourth-order valence-electron chi connectivity index (χ4n) is 7.17. The van der Waals surface area contributed by atoms with Crippen molar-refractivity contribution in [2.75, 3.05) is 54.1 Å². The number of rotatable bonds is 48. The zero-order valence-electron chi connectivity index (χ0n) is 40.9. The molecule has 0 spiro atoms. The smallest absolute Gasteiger partial charge is 0.457 e. The van der Waals surface area contributed by atoms with Crippen LogP contribution in [0.5, 0.6) is 0 Å². The molecule has 360 valence electrons. The summed E-state index contributed by atoms with van der Waals surface area (Å²) in [6.45, 7) is 5.62. The number of allylic oxidation sites excluding steroid dienone is 6. The van der Waals surface area contributed by atoms with Crippen molar-refractivity contribution in [3.63, 3.8) is 0 Å². The fraction of sp³-hybridized carbons (Fsp3) is 0.865. The van der Waals surface area contributed by atoms with Crippen LogP contribution in [0.1, 0.15) is 232 Å². The first kappa shape index (κ1) is 59.7. The monoisotopic (exact) mass is 883 g/mol. The van der Waals surface area contributed by atoms with Crippen LogP contribution in [0.3, 0.4) is 0 Å². The zero-order chi connectivity index (χ0) is 44.8. The van der Waals surface area contributed by atoms with Crippen LogP contribution in [0, 0.1) is 0 Å². The molecule has 2 atom stereocenters. The number of quaternary nitrogens is 1. The maximum absolute atomic E-state index is 12.8. The Hall–Kier alpha value is -1.28. The highest BCUT2D eigenvalue weighted by atomic mass is 31.2. The predicted octanol–water partition coefficient (Wildman–Crippen LogP) is 15.7. The number of nitrogens with zero attached hydrogens (tertiary/aromatic N) is 1. The first-order valence-electron chi connectivity index (χ1n) is 25.7. The summed E-state index contributed by atoms with van der Waals surface area (Å²) in [6.07, 6.45) is 54.7. The molecular weight excluding hydrogens is 782 g/mol. The molecule has 0 saturated carbocycles. The highest BCUT2D eigenvalue weighted by Gasteiger charge is 2.26. The van der Waals surface area contributed by atoms with E-state index >= 15 is 0 Å². The van der Waals surface area contributed by atoms with Gasteiger partial charge in [0.25, 0.3) is 0 Å². The average molecular weight is 883 g/mol. The molecule has 0 aliphatic carbocycles. The Morgan fingerprint density at radius 2 is 0.902 bits per heavy atom. The number of phosphoric acid groups is 1. The highest BCUT2D eigenvalue weighted by molar-refractivity contribution is 7.47. The van der Waals surface area contributed by atoms with E-state index in [-0.39, 0.29) is 25.8 Å². The summed E-state index contributed by atoms with van der Waals surface area (Å²) in [5, 5.41) is 0. The molecule has 0 fully saturated rings. The SMILES string of the molecule is CCCCC/C=C\C/C=C\CCCCCCCCCCCCOCC(COP(=O)(O)OCC[N+](C)(C)C)OC(=O)CCCCCCCCCCC/C=C\CCCCCCCC. The maximum Gasteiger partial charge on any atom is 0.472 e. The second-order valence-corrected chi connectivity index (χ2v) is 20.0. The van der Waals surface area contributed by atoms with Gasteiger partial charge in [0.05, 0.1) is 34.4 Å². The van der Waals surface area contributed by atoms with E-state index in [1.807, 2.05) is 21.1 Å². The van der Waals surface area contributed by atoms with Crippen molar-refractivity contribution in [1.29, 1.82) is 0 Å². The Balaban J connectivity index is 4.14. The summed E-state index contributed by atoms with van der Waals surface area (Å²) >= 11 is 0. The van der Waals surface area contributed by atoms with E-state index in [1.54, 1.807) is 0 Å². The van der Waals surface area contributed by atoms with Gasteiger partial charge in [-0.25, -0.2) is 4.57 Å². The minimum atomic E-state index is -4.28. The quantitative estimate of drug-likeness (QED) is 0.0214. The van der Waals surface area contributed by atoms with E-state index in [0.29, 0.717) is 24.1 Å². The van der Waals surface area contributed by atoms with Gasteiger partial charge in [-0.05, 0) is 70.6 Å². The van der Waals surface area contributed by atoms with Crippen LogP contribution in [0.25, 0.3) is 0 Å². The van der Waals surface area contributed by atoms with Crippen LogP contribution in [-0.4, -0.2) is 75.6 Å². The zero-order valence-corrected chi connectivity index (χ0v) is 41.8. The van der Waals surface area contributed by atoms with Crippen molar-refractivity contribution in [3.8, 4) is 0 Å². The third-order valence-electron chi connectivity index (χ3n) is 11.2. The topological polar surface area (TPSA) is 91.3 Å². The number of hydrogen-bond acceptors (Lipinski definition) is 6. The van der Waals surface area contributed by atoms with Crippen LogP contribution in [0.15, 0.2) is 36.5 Å². The summed E-state index contributed by atoms with van der Waals surface area (Å²) in [6, 6.07) is 0. The molecule has 0 bridgehead atoms. The average Bonchev–Trinajstić information content (AvgIpc) is 3.22. The summed E-state index contributed by atoms with van der Waals surface area (Å²) in [5.41, 5.74) is 0. The Kier molecular flexibility index (Phi) is 44.3. The molecule has 61 heavy (non-hydrogen) atoms. The molecule has 2 unspecified atom stereocenters. The van der Waals surface area contributed by atoms with E-state index in [1.165, 1.54) is 173 Å². The molecule has 0 amide bonds. The number of hydrogen-bond donors (Lipinski definition) is 1. The Bertz CT molecular complexity index is 1070. The number of phosphoric ester groups is 1. The molecule has 0 aliphatic rings. The predicted molar refractivity (Wildman–Crippen MR) is 261 cm³/mol. The van der Waals surface area contributed by atoms with Gasteiger partial charge in [0, 0.05) is 13.0 Å². The summed E-state index contributed by atoms with van der Waals surface area (Å²) in [7, 11) is 1.67. The lowest BCUT2D eigenvalue weighted by Gasteiger charge is -2.24. The molecule has 0 aliphatic heterocycles. The lowest BCUT2D eigenvalue weighted by molar-refractivity contribution is -0.870. The Morgan fingerprint density at radius 3 is 1.38 bits per heavy atom. The second kappa shape index (κ2) is 45.3. The first-order valence-corrected chi connectivity index (χ1v) is 27.2. The minimum Gasteiger partial charge on any atom is -0.457 e. The van der Waals surface area contributed by atoms with Crippen LogP contribution in [-0.2, 0) is 27.9 Å². The van der Waals surface area contributed by atoms with Gasteiger partial charge in [-0.1, -0.05) is 192 Å². The number of ether oxygens (including phenoxy) is 2. The summed E-state index contributed by atoms with van der Waals surface area (Å²) in [5.74, 6) is -0.315. The number of likely N-dealkylation sites (N-methyl/N-ethyl adjacent to an activating group) is 1. The molecule has 0 radical (unpaired) electrons. The molecule has 0 heterocycles. The van der Waals surface area contributed by atoms with E-state index < -0.39 is 13.9 Å². The van der Waals surface area contributed by atoms with E-state index in [2.05, 4.69) is 50.3 Å². The van der Waals surface area contributed by atoms with E-state index in [0.717, 1.165) is 38.5 Å². The standard InChI is InChI=1S/C52H100NO7P/c1-6-8-10-12-14-16-18-20-22-24-26-28-30-32-34-36-38-40-42-44-47-57-49-51(50-59-61(55,56)58-48-46-53(3,4)5)60-52(54)45-43-41-39-37-35-33-31-29-27-25-23-21-19-17-15-13-11-9-7-2/h14,16,20-23,51H,6-13,15,17-19,24-50H2,1-5H3/p+1/b16-14-,22-20-,23-21-. The Labute approximate surface area is 378 Å². The van der Waals surface area contributed by atoms with Gasteiger partial charge in [0.15, 0.2) is 0 Å². The summed E-state index contributed by atoms with van der Waals surface area (Å²) < 4.78 is 35.2. The van der Waals surface area contributed by atoms with Crippen molar-refractivity contribution in [2.24, 2.45) is 0 Å². The molecule has 0 aromatic rings. The number of unbranched alkanes of at least 4 members (excludes halogenated alkanes) is 28. The normalized spacial score (nSPS) is 13.9. The van der Waals surface area contributed by atoms with Gasteiger partial charge in [0.2, 0.25) is 0 Å². The number of esters is 1. The lowest BCUT2D eigenvalue weighted by Crippen LogP contribution is -2.37. The van der Waals surface area contributed by atoms with Gasteiger partial charge in [-0.2, -0.15) is 0 Å². The van der Waals surface area contributed by atoms with Gasteiger partial charge in [-0.3, -0.25) is 13.8 Å². The molecule has 1 N–H and O–H groups in total. The minimum absolute atomic E-state index is 0.0881.